The molecule has 0 atom stereocenters. The molecule has 0 spiro atoms. The quantitative estimate of drug-likeness (QED) is 0.565. The van der Waals surface area contributed by atoms with E-state index in [1.165, 1.54) is 26.0 Å². The molecule has 2 rings (SSSR count). The van der Waals surface area contributed by atoms with Gasteiger partial charge in [0.05, 0.1) is 11.3 Å². The van der Waals surface area contributed by atoms with E-state index in [1.807, 2.05) is 0 Å². The van der Waals surface area contributed by atoms with Crippen LogP contribution in [0.1, 0.15) is 53.8 Å². The Bertz CT molecular complexity index is 696. The van der Waals surface area contributed by atoms with E-state index in [2.05, 4.69) is 22.5 Å². The molecule has 0 saturated carbocycles. The van der Waals surface area contributed by atoms with E-state index in [4.69, 9.17) is 0 Å². The molecular formula is C19H23N3O2. The molecule has 0 fully saturated rings. The number of hydrogen-bond donors (Lipinski definition) is 2. The van der Waals surface area contributed by atoms with Crippen molar-refractivity contribution in [2.75, 3.05) is 17.2 Å². The van der Waals surface area contributed by atoms with E-state index in [0.717, 1.165) is 18.7 Å². The van der Waals surface area contributed by atoms with E-state index in [-0.39, 0.29) is 11.7 Å². The normalized spacial score (nSPS) is 10.2. The topological polar surface area (TPSA) is 71.1 Å². The molecule has 0 unspecified atom stereocenters. The molecule has 0 aliphatic rings. The first-order valence-electron chi connectivity index (χ1n) is 8.21. The van der Waals surface area contributed by atoms with Crippen LogP contribution in [0.5, 0.6) is 0 Å². The molecule has 0 aliphatic heterocycles. The summed E-state index contributed by atoms with van der Waals surface area (Å²) in [7, 11) is 0. The zero-order chi connectivity index (χ0) is 17.4. The summed E-state index contributed by atoms with van der Waals surface area (Å²) in [6, 6.07) is 8.62. The molecule has 1 aromatic carbocycles. The van der Waals surface area contributed by atoms with Gasteiger partial charge in [-0.3, -0.25) is 14.6 Å². The number of nitrogens with one attached hydrogen (secondary N) is 2. The van der Waals surface area contributed by atoms with E-state index in [0.29, 0.717) is 16.8 Å². The number of aromatic nitrogens is 1. The minimum atomic E-state index is -0.227. The Kier molecular flexibility index (Phi) is 6.49. The van der Waals surface area contributed by atoms with Gasteiger partial charge in [-0.15, -0.1) is 0 Å². The number of unbranched alkanes of at least 4 members (excludes halogenated alkanes) is 2. The first-order chi connectivity index (χ1) is 11.6. The Hall–Kier alpha value is -2.69. The summed E-state index contributed by atoms with van der Waals surface area (Å²) < 4.78 is 0. The summed E-state index contributed by atoms with van der Waals surface area (Å²) in [5.41, 5.74) is 2.59. The van der Waals surface area contributed by atoms with Crippen molar-refractivity contribution in [2.24, 2.45) is 0 Å². The monoisotopic (exact) mass is 325 g/mol. The van der Waals surface area contributed by atoms with Crippen molar-refractivity contribution in [2.45, 2.75) is 33.1 Å². The Morgan fingerprint density at radius 3 is 2.42 bits per heavy atom. The van der Waals surface area contributed by atoms with Gasteiger partial charge in [0.2, 0.25) is 0 Å². The first kappa shape index (κ1) is 17.7. The Morgan fingerprint density at radius 1 is 1.00 bits per heavy atom. The molecule has 1 aromatic heterocycles. The number of hydrogen-bond acceptors (Lipinski definition) is 4. The predicted molar refractivity (Wildman–Crippen MR) is 96.7 cm³/mol. The van der Waals surface area contributed by atoms with E-state index in [1.54, 1.807) is 36.5 Å². The number of rotatable bonds is 8. The largest absolute Gasteiger partial charge is 0.384 e. The first-order valence-corrected chi connectivity index (χ1v) is 8.21. The Morgan fingerprint density at radius 2 is 1.75 bits per heavy atom. The molecular weight excluding hydrogens is 302 g/mol. The van der Waals surface area contributed by atoms with Crippen molar-refractivity contribution in [3.8, 4) is 0 Å². The summed E-state index contributed by atoms with van der Waals surface area (Å²) >= 11 is 0. The maximum atomic E-state index is 12.3. The SMILES string of the molecule is CCCCCNc1cncc(C(=O)Nc2ccc(C(C)=O)cc2)c1. The van der Waals surface area contributed by atoms with Crippen LogP contribution in [0.15, 0.2) is 42.7 Å². The van der Waals surface area contributed by atoms with Crippen LogP contribution in [0.3, 0.4) is 0 Å². The van der Waals surface area contributed by atoms with E-state index in [9.17, 15) is 9.59 Å². The molecule has 2 N–H and O–H groups in total. The number of pyridine rings is 1. The molecule has 5 heteroatoms. The maximum absolute atomic E-state index is 12.3. The number of ketones is 1. The summed E-state index contributed by atoms with van der Waals surface area (Å²) in [6.07, 6.45) is 6.69. The lowest BCUT2D eigenvalue weighted by Crippen LogP contribution is -2.13. The molecule has 0 bridgehead atoms. The average Bonchev–Trinajstić information content (AvgIpc) is 2.59. The highest BCUT2D eigenvalue weighted by Gasteiger charge is 2.08. The van der Waals surface area contributed by atoms with E-state index >= 15 is 0 Å². The zero-order valence-electron chi connectivity index (χ0n) is 14.1. The van der Waals surface area contributed by atoms with Crippen molar-refractivity contribution in [1.29, 1.82) is 0 Å². The van der Waals surface area contributed by atoms with Crippen molar-refractivity contribution in [3.05, 3.63) is 53.9 Å². The highest BCUT2D eigenvalue weighted by atomic mass is 16.1. The molecule has 1 heterocycles. The van der Waals surface area contributed by atoms with Gasteiger partial charge in [-0.25, -0.2) is 0 Å². The average molecular weight is 325 g/mol. The Balaban J connectivity index is 1.97. The zero-order valence-corrected chi connectivity index (χ0v) is 14.1. The summed E-state index contributed by atoms with van der Waals surface area (Å²) in [6.45, 7) is 4.54. The highest BCUT2D eigenvalue weighted by molar-refractivity contribution is 6.04. The number of nitrogens with zero attached hydrogens (tertiary/aromatic N) is 1. The van der Waals surface area contributed by atoms with Crippen LogP contribution in [-0.4, -0.2) is 23.2 Å². The number of amides is 1. The lowest BCUT2D eigenvalue weighted by molar-refractivity contribution is 0.101. The second kappa shape index (κ2) is 8.82. The molecule has 126 valence electrons. The summed E-state index contributed by atoms with van der Waals surface area (Å²) in [5, 5.41) is 6.09. The van der Waals surface area contributed by atoms with Gasteiger partial charge in [0.15, 0.2) is 5.78 Å². The van der Waals surface area contributed by atoms with Gasteiger partial charge >= 0.3 is 0 Å². The molecule has 5 nitrogen and oxygen atoms in total. The summed E-state index contributed by atoms with van der Waals surface area (Å²) in [4.78, 5) is 27.7. The fraction of sp³-hybridized carbons (Fsp3) is 0.316. The van der Waals surface area contributed by atoms with Gasteiger partial charge < -0.3 is 10.6 Å². The van der Waals surface area contributed by atoms with Crippen molar-refractivity contribution in [1.82, 2.24) is 4.98 Å². The Labute approximate surface area is 142 Å². The van der Waals surface area contributed by atoms with Crippen molar-refractivity contribution >= 4 is 23.1 Å². The number of carbonyl (C=O) groups is 2. The second-order valence-corrected chi connectivity index (χ2v) is 5.68. The van der Waals surface area contributed by atoms with Crippen molar-refractivity contribution < 1.29 is 9.59 Å². The van der Waals surface area contributed by atoms with Crippen LogP contribution in [0.2, 0.25) is 0 Å². The molecule has 0 radical (unpaired) electrons. The predicted octanol–water partition coefficient (Wildman–Crippen LogP) is 4.14. The number of carbonyl (C=O) groups excluding carboxylic acids is 2. The lowest BCUT2D eigenvalue weighted by Gasteiger charge is -2.09. The third kappa shape index (κ3) is 5.19. The van der Waals surface area contributed by atoms with Gasteiger partial charge in [-0.05, 0) is 43.7 Å². The smallest absolute Gasteiger partial charge is 0.257 e. The second-order valence-electron chi connectivity index (χ2n) is 5.68. The van der Waals surface area contributed by atoms with Crippen molar-refractivity contribution in [3.63, 3.8) is 0 Å². The standard InChI is InChI=1S/C19H23N3O2/c1-3-4-5-10-21-18-11-16(12-20-13-18)19(24)22-17-8-6-15(7-9-17)14(2)23/h6-9,11-13,21H,3-5,10H2,1-2H3,(H,22,24). The van der Waals surface area contributed by atoms with Gasteiger partial charge in [0.25, 0.3) is 5.91 Å². The van der Waals surface area contributed by atoms with Crippen LogP contribution in [0.4, 0.5) is 11.4 Å². The van der Waals surface area contributed by atoms with Crippen LogP contribution in [0, 0.1) is 0 Å². The lowest BCUT2D eigenvalue weighted by atomic mass is 10.1. The molecule has 24 heavy (non-hydrogen) atoms. The third-order valence-electron chi connectivity index (χ3n) is 3.66. The van der Waals surface area contributed by atoms with Crippen LogP contribution >= 0.6 is 0 Å². The fourth-order valence-corrected chi connectivity index (χ4v) is 2.26. The van der Waals surface area contributed by atoms with Gasteiger partial charge in [0, 0.05) is 30.2 Å². The maximum Gasteiger partial charge on any atom is 0.257 e. The van der Waals surface area contributed by atoms with Crippen LogP contribution in [-0.2, 0) is 0 Å². The molecule has 2 aromatic rings. The van der Waals surface area contributed by atoms with Gasteiger partial charge in [-0.1, -0.05) is 19.8 Å². The molecule has 1 amide bonds. The molecule has 0 saturated heterocycles. The number of anilines is 2. The van der Waals surface area contributed by atoms with Gasteiger partial charge in [-0.2, -0.15) is 0 Å². The van der Waals surface area contributed by atoms with E-state index < -0.39 is 0 Å². The summed E-state index contributed by atoms with van der Waals surface area (Å²) in [5.74, 6) is -0.228. The fourth-order valence-electron chi connectivity index (χ4n) is 2.26. The third-order valence-corrected chi connectivity index (χ3v) is 3.66. The van der Waals surface area contributed by atoms with Crippen LogP contribution < -0.4 is 10.6 Å². The van der Waals surface area contributed by atoms with Crippen LogP contribution in [0.25, 0.3) is 0 Å². The highest BCUT2D eigenvalue weighted by Crippen LogP contribution is 2.14. The minimum absolute atomic E-state index is 0.000995. The number of benzene rings is 1. The minimum Gasteiger partial charge on any atom is -0.384 e. The number of Topliss-reactive ketones (excluding diaryl/α,β-unsaturated/α-hetero) is 1. The molecule has 0 aliphatic carbocycles. The van der Waals surface area contributed by atoms with Gasteiger partial charge in [0.1, 0.15) is 0 Å².